The van der Waals surface area contributed by atoms with E-state index in [9.17, 15) is 4.79 Å². The molecule has 128 valence electrons. The molecule has 1 aliphatic heterocycles. The first-order chi connectivity index (χ1) is 11.6. The molecule has 0 aliphatic carbocycles. The molecule has 1 fully saturated rings. The number of amides is 2. The van der Waals surface area contributed by atoms with Crippen molar-refractivity contribution >= 4 is 23.1 Å². The highest BCUT2D eigenvalue weighted by molar-refractivity contribution is 7.09. The SMILES string of the molecule is Cc1ncsc1CNC(=O)N[C@@H](C)c1cccc(N2CCCC2)c1. The van der Waals surface area contributed by atoms with Crippen LogP contribution in [-0.4, -0.2) is 24.1 Å². The maximum atomic E-state index is 12.1. The zero-order valence-electron chi connectivity index (χ0n) is 14.2. The van der Waals surface area contributed by atoms with Crippen molar-refractivity contribution in [2.75, 3.05) is 18.0 Å². The van der Waals surface area contributed by atoms with Crippen LogP contribution in [0.5, 0.6) is 0 Å². The first-order valence-electron chi connectivity index (χ1n) is 8.41. The number of nitrogens with zero attached hydrogens (tertiary/aromatic N) is 2. The predicted octanol–water partition coefficient (Wildman–Crippen LogP) is 3.61. The number of hydrogen-bond donors (Lipinski definition) is 2. The first kappa shape index (κ1) is 16.8. The number of benzene rings is 1. The summed E-state index contributed by atoms with van der Waals surface area (Å²) in [6, 6.07) is 8.28. The summed E-state index contributed by atoms with van der Waals surface area (Å²) >= 11 is 1.56. The van der Waals surface area contributed by atoms with Crippen LogP contribution in [-0.2, 0) is 6.54 Å². The van der Waals surface area contributed by atoms with Gasteiger partial charge in [-0.25, -0.2) is 9.78 Å². The summed E-state index contributed by atoms with van der Waals surface area (Å²) in [4.78, 5) is 19.8. The van der Waals surface area contributed by atoms with Crippen LogP contribution in [0.4, 0.5) is 10.5 Å². The number of aromatic nitrogens is 1. The molecule has 1 atom stereocenters. The molecule has 6 heteroatoms. The fraction of sp³-hybridized carbons (Fsp3) is 0.444. The van der Waals surface area contributed by atoms with Crippen LogP contribution in [0, 0.1) is 6.92 Å². The molecule has 2 amide bonds. The van der Waals surface area contributed by atoms with Crippen LogP contribution in [0.1, 0.15) is 41.9 Å². The van der Waals surface area contributed by atoms with Gasteiger partial charge in [0.2, 0.25) is 0 Å². The van der Waals surface area contributed by atoms with E-state index in [-0.39, 0.29) is 12.1 Å². The number of nitrogens with one attached hydrogen (secondary N) is 2. The second-order valence-corrected chi connectivity index (χ2v) is 7.14. The molecular formula is C18H24N4OS. The maximum Gasteiger partial charge on any atom is 0.315 e. The minimum atomic E-state index is -0.151. The lowest BCUT2D eigenvalue weighted by atomic mass is 10.1. The predicted molar refractivity (Wildman–Crippen MR) is 98.5 cm³/mol. The second-order valence-electron chi connectivity index (χ2n) is 6.20. The average Bonchev–Trinajstić information content (AvgIpc) is 3.25. The molecule has 1 aromatic carbocycles. The van der Waals surface area contributed by atoms with Crippen LogP contribution >= 0.6 is 11.3 Å². The van der Waals surface area contributed by atoms with E-state index in [1.54, 1.807) is 16.8 Å². The molecule has 0 saturated carbocycles. The third-order valence-electron chi connectivity index (χ3n) is 4.44. The Bertz CT molecular complexity index is 694. The number of hydrogen-bond acceptors (Lipinski definition) is 4. The maximum absolute atomic E-state index is 12.1. The Morgan fingerprint density at radius 3 is 2.88 bits per heavy atom. The zero-order valence-corrected chi connectivity index (χ0v) is 15.0. The number of rotatable bonds is 5. The third kappa shape index (κ3) is 4.06. The van der Waals surface area contributed by atoms with Crippen molar-refractivity contribution < 1.29 is 4.79 Å². The van der Waals surface area contributed by atoms with Gasteiger partial charge in [0.1, 0.15) is 0 Å². The standard InChI is InChI=1S/C18H24N4OS/c1-13(21-18(23)19-11-17-14(2)20-12-24-17)15-6-5-7-16(10-15)22-8-3-4-9-22/h5-7,10,12-13H,3-4,8-9,11H2,1-2H3,(H2,19,21,23)/t13-/m0/s1. The van der Waals surface area contributed by atoms with Gasteiger partial charge < -0.3 is 15.5 Å². The molecule has 24 heavy (non-hydrogen) atoms. The Hall–Kier alpha value is -2.08. The summed E-state index contributed by atoms with van der Waals surface area (Å²) in [5, 5.41) is 5.92. The first-order valence-corrected chi connectivity index (χ1v) is 9.29. The lowest BCUT2D eigenvalue weighted by Gasteiger charge is -2.21. The molecule has 3 rings (SSSR count). The van der Waals surface area contributed by atoms with Crippen molar-refractivity contribution in [3.05, 3.63) is 45.9 Å². The van der Waals surface area contributed by atoms with E-state index in [4.69, 9.17) is 0 Å². The zero-order chi connectivity index (χ0) is 16.9. The van der Waals surface area contributed by atoms with Crippen molar-refractivity contribution in [1.29, 1.82) is 0 Å². The quantitative estimate of drug-likeness (QED) is 0.871. The van der Waals surface area contributed by atoms with Gasteiger partial charge in [-0.2, -0.15) is 0 Å². The Morgan fingerprint density at radius 1 is 1.38 bits per heavy atom. The molecule has 2 N–H and O–H groups in total. The van der Waals surface area contributed by atoms with Crippen molar-refractivity contribution in [2.45, 2.75) is 39.3 Å². The highest BCUT2D eigenvalue weighted by Crippen LogP contribution is 2.24. The van der Waals surface area contributed by atoms with E-state index in [1.165, 1.54) is 18.5 Å². The fourth-order valence-electron chi connectivity index (χ4n) is 2.95. The van der Waals surface area contributed by atoms with Crippen molar-refractivity contribution in [2.24, 2.45) is 0 Å². The molecular weight excluding hydrogens is 320 g/mol. The Labute approximate surface area is 147 Å². The molecule has 1 saturated heterocycles. The van der Waals surface area contributed by atoms with Crippen molar-refractivity contribution in [3.63, 3.8) is 0 Å². The number of carbonyl (C=O) groups excluding carboxylic acids is 1. The van der Waals surface area contributed by atoms with Gasteiger partial charge >= 0.3 is 6.03 Å². The largest absolute Gasteiger partial charge is 0.372 e. The molecule has 1 aromatic heterocycles. The highest BCUT2D eigenvalue weighted by atomic mass is 32.1. The molecule has 2 heterocycles. The Balaban J connectivity index is 1.56. The summed E-state index contributed by atoms with van der Waals surface area (Å²) in [5.41, 5.74) is 5.16. The monoisotopic (exact) mass is 344 g/mol. The highest BCUT2D eigenvalue weighted by Gasteiger charge is 2.15. The topological polar surface area (TPSA) is 57.3 Å². The minimum absolute atomic E-state index is 0.0323. The van der Waals surface area contributed by atoms with E-state index < -0.39 is 0 Å². The summed E-state index contributed by atoms with van der Waals surface area (Å²) < 4.78 is 0. The normalized spacial score (nSPS) is 15.3. The summed E-state index contributed by atoms with van der Waals surface area (Å²) in [5.74, 6) is 0. The lowest BCUT2D eigenvalue weighted by Crippen LogP contribution is -2.36. The van der Waals surface area contributed by atoms with Crippen LogP contribution in [0.3, 0.4) is 0 Å². The number of urea groups is 1. The van der Waals surface area contributed by atoms with Crippen LogP contribution < -0.4 is 15.5 Å². The van der Waals surface area contributed by atoms with Crippen LogP contribution in [0.15, 0.2) is 29.8 Å². The van der Waals surface area contributed by atoms with E-state index in [0.29, 0.717) is 6.54 Å². The third-order valence-corrected chi connectivity index (χ3v) is 5.38. The number of anilines is 1. The lowest BCUT2D eigenvalue weighted by molar-refractivity contribution is 0.237. The van der Waals surface area contributed by atoms with Gasteiger partial charge in [0.25, 0.3) is 0 Å². The van der Waals surface area contributed by atoms with E-state index in [0.717, 1.165) is 29.2 Å². The van der Waals surface area contributed by atoms with Crippen molar-refractivity contribution in [3.8, 4) is 0 Å². The van der Waals surface area contributed by atoms with Gasteiger partial charge in [-0.3, -0.25) is 0 Å². The van der Waals surface area contributed by atoms with Crippen LogP contribution in [0.25, 0.3) is 0 Å². The number of thiazole rings is 1. The fourth-order valence-corrected chi connectivity index (χ4v) is 3.67. The van der Waals surface area contributed by atoms with Gasteiger partial charge in [-0.05, 0) is 44.4 Å². The molecule has 0 unspecified atom stereocenters. The van der Waals surface area contributed by atoms with Crippen LogP contribution in [0.2, 0.25) is 0 Å². The second kappa shape index (κ2) is 7.66. The summed E-state index contributed by atoms with van der Waals surface area (Å²) in [6.07, 6.45) is 2.52. The molecule has 2 aromatic rings. The van der Waals surface area contributed by atoms with E-state index in [1.807, 2.05) is 13.8 Å². The summed E-state index contributed by atoms with van der Waals surface area (Å²) in [6.45, 7) is 6.74. The molecule has 0 bridgehead atoms. The van der Waals surface area contributed by atoms with Crippen molar-refractivity contribution in [1.82, 2.24) is 15.6 Å². The Morgan fingerprint density at radius 2 is 2.17 bits per heavy atom. The van der Waals surface area contributed by atoms with Gasteiger partial charge in [0.15, 0.2) is 0 Å². The summed E-state index contributed by atoms with van der Waals surface area (Å²) in [7, 11) is 0. The smallest absolute Gasteiger partial charge is 0.315 e. The van der Waals surface area contributed by atoms with Gasteiger partial charge in [-0.1, -0.05) is 12.1 Å². The molecule has 0 spiro atoms. The molecule has 5 nitrogen and oxygen atoms in total. The number of carbonyl (C=O) groups is 1. The molecule has 0 radical (unpaired) electrons. The number of aryl methyl sites for hydroxylation is 1. The average molecular weight is 344 g/mol. The van der Waals surface area contributed by atoms with Gasteiger partial charge in [0.05, 0.1) is 23.8 Å². The van der Waals surface area contributed by atoms with E-state index in [2.05, 4.69) is 44.8 Å². The van der Waals surface area contributed by atoms with Gasteiger partial charge in [-0.15, -0.1) is 11.3 Å². The van der Waals surface area contributed by atoms with E-state index >= 15 is 0 Å². The van der Waals surface area contributed by atoms with Gasteiger partial charge in [0, 0.05) is 23.7 Å². The minimum Gasteiger partial charge on any atom is -0.372 e. The Kier molecular flexibility index (Phi) is 5.35. The molecule has 1 aliphatic rings.